The minimum absolute atomic E-state index is 0.0416. The van der Waals surface area contributed by atoms with Crippen molar-refractivity contribution >= 4 is 23.5 Å². The molecule has 2 bridgehead atoms. The topological polar surface area (TPSA) is 84.7 Å². The summed E-state index contributed by atoms with van der Waals surface area (Å²) in [6.07, 6.45) is -12.3. The Morgan fingerprint density at radius 3 is 2.14 bits per heavy atom. The molecule has 0 aromatic heterocycles. The molecule has 0 N–H and O–H groups in total. The number of piperazine rings is 1. The maximum Gasteiger partial charge on any atom is 0.460 e. The first kappa shape index (κ1) is 25.5. The first-order valence-corrected chi connectivity index (χ1v) is 9.77. The molecule has 3 fully saturated rings. The van der Waals surface area contributed by atoms with E-state index in [9.17, 15) is 58.3 Å². The molecule has 0 saturated carbocycles. The summed E-state index contributed by atoms with van der Waals surface area (Å²) in [5, 5.41) is 8.88. The van der Waals surface area contributed by atoms with E-state index >= 15 is 0 Å². The lowest BCUT2D eigenvalue weighted by Gasteiger charge is -2.38. The van der Waals surface area contributed by atoms with Gasteiger partial charge in [-0.3, -0.25) is 9.59 Å². The summed E-state index contributed by atoms with van der Waals surface area (Å²) in [6, 6.07) is -2.88. The molecule has 36 heavy (non-hydrogen) atoms. The highest BCUT2D eigenvalue weighted by Gasteiger charge is 2.78. The lowest BCUT2D eigenvalue weighted by atomic mass is 10.0. The second-order valence-corrected chi connectivity index (χ2v) is 8.21. The fourth-order valence-electron chi connectivity index (χ4n) is 4.62. The Morgan fingerprint density at radius 2 is 1.61 bits per heavy atom. The van der Waals surface area contributed by atoms with Crippen LogP contribution >= 0.6 is 0 Å². The van der Waals surface area contributed by atoms with E-state index in [-0.39, 0.29) is 9.80 Å². The van der Waals surface area contributed by atoms with Crippen LogP contribution in [0.15, 0.2) is 18.2 Å². The third-order valence-electron chi connectivity index (χ3n) is 6.23. The molecule has 3 heterocycles. The summed E-state index contributed by atoms with van der Waals surface area (Å²) in [7, 11) is 0. The van der Waals surface area contributed by atoms with E-state index in [4.69, 9.17) is 5.26 Å². The number of amides is 4. The maximum absolute atomic E-state index is 14.0. The minimum atomic E-state index is -6.78. The van der Waals surface area contributed by atoms with Crippen molar-refractivity contribution in [3.63, 3.8) is 0 Å². The number of rotatable bonds is 3. The number of imide groups is 1. The molecular weight excluding hydrogens is 522 g/mol. The van der Waals surface area contributed by atoms with Gasteiger partial charge < -0.3 is 9.80 Å². The monoisotopic (exact) mass is 532 g/mol. The number of carbonyl (C=O) groups is 3. The number of fused-ring (bicyclic) bond motifs is 5. The molecule has 17 heteroatoms. The molecule has 3 saturated heterocycles. The van der Waals surface area contributed by atoms with Crippen LogP contribution in [0.3, 0.4) is 0 Å². The molecule has 4 amide bonds. The van der Waals surface area contributed by atoms with Gasteiger partial charge in [-0.05, 0) is 24.6 Å². The zero-order valence-corrected chi connectivity index (χ0v) is 17.2. The molecular formula is C19H10F10N4O3. The van der Waals surface area contributed by atoms with Gasteiger partial charge in [0, 0.05) is 6.54 Å². The minimum Gasteiger partial charge on any atom is -0.330 e. The second kappa shape index (κ2) is 7.46. The summed E-state index contributed by atoms with van der Waals surface area (Å²) < 4.78 is 132. The fourth-order valence-corrected chi connectivity index (χ4v) is 4.62. The maximum atomic E-state index is 14.0. The number of nitrogens with zero attached hydrogens (tertiary/aromatic N) is 4. The summed E-state index contributed by atoms with van der Waals surface area (Å²) in [5.41, 5.74) is -2.99. The van der Waals surface area contributed by atoms with Gasteiger partial charge in [0.1, 0.15) is 6.04 Å². The highest BCUT2D eigenvalue weighted by molar-refractivity contribution is 6.22. The Labute approximate surface area is 193 Å². The van der Waals surface area contributed by atoms with Crippen LogP contribution in [0.4, 0.5) is 54.4 Å². The Hall–Kier alpha value is -3.58. The van der Waals surface area contributed by atoms with E-state index in [0.717, 1.165) is 11.0 Å². The van der Waals surface area contributed by atoms with E-state index < -0.39 is 89.9 Å². The number of anilines is 1. The third-order valence-corrected chi connectivity index (χ3v) is 6.23. The molecule has 194 valence electrons. The highest BCUT2D eigenvalue weighted by Crippen LogP contribution is 2.50. The van der Waals surface area contributed by atoms with Crippen LogP contribution < -0.4 is 4.90 Å². The number of carbonyl (C=O) groups excluding carboxylic acids is 3. The van der Waals surface area contributed by atoms with Crippen molar-refractivity contribution in [2.24, 2.45) is 0 Å². The number of benzene rings is 1. The standard InChI is InChI=1S/C19H10F10N4O3/c20-16(21,18(25,26)19(27,28)29)14(35)31-6-9-4-11(31)12-13(34)33(15(36)32(9)12)8-2-1-7(5-30)10(3-8)17(22,23)24/h1-3,9,11-12H,4,6H2. The molecule has 0 spiro atoms. The summed E-state index contributed by atoms with van der Waals surface area (Å²) in [4.78, 5) is 38.8. The van der Waals surface area contributed by atoms with Crippen molar-refractivity contribution in [2.75, 3.05) is 11.4 Å². The molecule has 3 unspecified atom stereocenters. The van der Waals surface area contributed by atoms with Gasteiger partial charge in [0.2, 0.25) is 0 Å². The van der Waals surface area contributed by atoms with Gasteiger partial charge in [-0.25, -0.2) is 9.69 Å². The van der Waals surface area contributed by atoms with Crippen LogP contribution in [-0.4, -0.2) is 70.3 Å². The van der Waals surface area contributed by atoms with Crippen molar-refractivity contribution in [3.05, 3.63) is 29.3 Å². The SMILES string of the molecule is N#Cc1ccc(N2C(=O)C3C4CC(CN4C(=O)C(F)(F)C(F)(F)C(F)(F)F)N3C2=O)cc1C(F)(F)F. The van der Waals surface area contributed by atoms with Crippen molar-refractivity contribution in [2.45, 2.75) is 48.7 Å². The van der Waals surface area contributed by atoms with E-state index in [0.29, 0.717) is 12.1 Å². The van der Waals surface area contributed by atoms with Gasteiger partial charge in [-0.2, -0.15) is 49.2 Å². The number of alkyl halides is 10. The summed E-state index contributed by atoms with van der Waals surface area (Å²) in [6.45, 7) is -0.905. The molecule has 3 atom stereocenters. The van der Waals surface area contributed by atoms with Crippen LogP contribution in [0.25, 0.3) is 0 Å². The molecule has 1 aromatic rings. The van der Waals surface area contributed by atoms with Gasteiger partial charge in [-0.1, -0.05) is 0 Å². The predicted octanol–water partition coefficient (Wildman–Crippen LogP) is 3.53. The van der Waals surface area contributed by atoms with Gasteiger partial charge in [0.25, 0.3) is 11.8 Å². The molecule has 4 rings (SSSR count). The first-order valence-electron chi connectivity index (χ1n) is 9.77. The number of hydrogen-bond donors (Lipinski definition) is 0. The lowest BCUT2D eigenvalue weighted by Crippen LogP contribution is -2.64. The van der Waals surface area contributed by atoms with E-state index in [1.54, 1.807) is 0 Å². The van der Waals surface area contributed by atoms with Crippen LogP contribution in [-0.2, 0) is 15.8 Å². The van der Waals surface area contributed by atoms with Gasteiger partial charge in [0.15, 0.2) is 0 Å². The smallest absolute Gasteiger partial charge is 0.330 e. The summed E-state index contributed by atoms with van der Waals surface area (Å²) >= 11 is 0. The molecule has 1 aromatic carbocycles. The lowest BCUT2D eigenvalue weighted by molar-refractivity contribution is -0.346. The van der Waals surface area contributed by atoms with Crippen molar-refractivity contribution in [3.8, 4) is 6.07 Å². The second-order valence-electron chi connectivity index (χ2n) is 8.21. The van der Waals surface area contributed by atoms with Crippen molar-refractivity contribution < 1.29 is 58.3 Å². The third kappa shape index (κ3) is 3.29. The zero-order chi connectivity index (χ0) is 27.2. The number of likely N-dealkylation sites (tertiary alicyclic amines) is 1. The van der Waals surface area contributed by atoms with E-state index in [1.165, 1.54) is 6.07 Å². The van der Waals surface area contributed by atoms with Gasteiger partial charge in [-0.15, -0.1) is 0 Å². The average Bonchev–Trinajstić information content (AvgIpc) is 3.42. The number of urea groups is 1. The molecule has 0 radical (unpaired) electrons. The van der Waals surface area contributed by atoms with Gasteiger partial charge in [0.05, 0.1) is 35.0 Å². The first-order chi connectivity index (χ1) is 16.4. The Morgan fingerprint density at radius 1 is 1.00 bits per heavy atom. The van der Waals surface area contributed by atoms with Crippen LogP contribution in [0.5, 0.6) is 0 Å². The van der Waals surface area contributed by atoms with Crippen LogP contribution in [0.1, 0.15) is 17.5 Å². The van der Waals surface area contributed by atoms with E-state index in [1.807, 2.05) is 0 Å². The van der Waals surface area contributed by atoms with Crippen LogP contribution in [0.2, 0.25) is 0 Å². The van der Waals surface area contributed by atoms with E-state index in [2.05, 4.69) is 0 Å². The quantitative estimate of drug-likeness (QED) is 0.441. The number of hydrogen-bond acceptors (Lipinski definition) is 4. The molecule has 3 aliphatic heterocycles. The molecule has 3 aliphatic rings. The van der Waals surface area contributed by atoms with Gasteiger partial charge >= 0.3 is 30.2 Å². The van der Waals surface area contributed by atoms with Crippen LogP contribution in [0, 0.1) is 11.3 Å². The number of halogens is 10. The average molecular weight is 532 g/mol. The largest absolute Gasteiger partial charge is 0.460 e. The zero-order valence-electron chi connectivity index (χ0n) is 17.2. The van der Waals surface area contributed by atoms with Crippen molar-refractivity contribution in [1.29, 1.82) is 5.26 Å². The highest BCUT2D eigenvalue weighted by atomic mass is 19.4. The summed E-state index contributed by atoms with van der Waals surface area (Å²) in [5.74, 6) is -17.2. The Balaban J connectivity index is 1.66. The molecule has 7 nitrogen and oxygen atoms in total. The predicted molar refractivity (Wildman–Crippen MR) is 94.5 cm³/mol. The Kier molecular flexibility index (Phi) is 5.29. The normalized spacial score (nSPS) is 24.5. The fraction of sp³-hybridized carbons (Fsp3) is 0.474. The Bertz CT molecular complexity index is 1210. The van der Waals surface area contributed by atoms with Crippen molar-refractivity contribution in [1.82, 2.24) is 9.80 Å². The molecule has 0 aliphatic carbocycles. The number of nitriles is 1.